The highest BCUT2D eigenvalue weighted by atomic mass is 16.7. The number of rotatable bonds is 4. The van der Waals surface area contributed by atoms with Gasteiger partial charge in [0.1, 0.15) is 6.61 Å². The fourth-order valence-electron chi connectivity index (χ4n) is 0.345. The van der Waals surface area contributed by atoms with Gasteiger partial charge in [-0.25, -0.2) is 9.59 Å². The van der Waals surface area contributed by atoms with E-state index in [1.807, 2.05) is 0 Å². The number of carbonyl (C=O) groups is 2. The van der Waals surface area contributed by atoms with Crippen LogP contribution in [0.15, 0.2) is 12.7 Å². The number of carbonyl (C=O) groups excluding carboxylic acids is 2. The molecule has 0 aliphatic rings. The molecule has 0 spiro atoms. The van der Waals surface area contributed by atoms with Crippen molar-refractivity contribution in [3.63, 3.8) is 0 Å². The summed E-state index contributed by atoms with van der Waals surface area (Å²) in [7, 11) is 1.20. The van der Waals surface area contributed by atoms with Crippen molar-refractivity contribution in [2.75, 3.05) is 20.3 Å². The summed E-state index contributed by atoms with van der Waals surface area (Å²) < 4.78 is 12.9. The Balaban J connectivity index is 3.43. The van der Waals surface area contributed by atoms with Crippen molar-refractivity contribution < 1.29 is 23.8 Å². The van der Waals surface area contributed by atoms with Crippen molar-refractivity contribution in [3.8, 4) is 0 Å². The van der Waals surface area contributed by atoms with Crippen LogP contribution < -0.4 is 0 Å². The minimum absolute atomic E-state index is 0.0556. The lowest BCUT2D eigenvalue weighted by Crippen LogP contribution is -2.15. The Morgan fingerprint density at radius 2 is 2.08 bits per heavy atom. The second-order valence-electron chi connectivity index (χ2n) is 1.71. The molecular formula is C7H10O5. The van der Waals surface area contributed by atoms with E-state index in [9.17, 15) is 9.59 Å². The Hall–Kier alpha value is -1.52. The maximum atomic E-state index is 10.5. The van der Waals surface area contributed by atoms with E-state index in [4.69, 9.17) is 0 Å². The van der Waals surface area contributed by atoms with Crippen LogP contribution in [0.2, 0.25) is 0 Å². The van der Waals surface area contributed by atoms with Crippen LogP contribution in [-0.4, -0.2) is 32.4 Å². The van der Waals surface area contributed by atoms with Gasteiger partial charge in [0.05, 0.1) is 7.11 Å². The van der Waals surface area contributed by atoms with E-state index in [0.717, 1.165) is 0 Å². The molecule has 0 radical (unpaired) electrons. The van der Waals surface area contributed by atoms with Gasteiger partial charge in [-0.15, -0.1) is 0 Å². The Labute approximate surface area is 69.9 Å². The largest absolute Gasteiger partial charge is 0.509 e. The molecule has 0 amide bonds. The van der Waals surface area contributed by atoms with Crippen LogP contribution >= 0.6 is 0 Å². The van der Waals surface area contributed by atoms with Crippen LogP contribution in [-0.2, 0) is 19.0 Å². The third kappa shape index (κ3) is 5.28. The van der Waals surface area contributed by atoms with Gasteiger partial charge in [0, 0.05) is 0 Å². The smallest absolute Gasteiger partial charge is 0.466 e. The zero-order chi connectivity index (χ0) is 9.40. The molecule has 5 heteroatoms. The van der Waals surface area contributed by atoms with E-state index in [1.165, 1.54) is 13.2 Å². The van der Waals surface area contributed by atoms with E-state index in [0.29, 0.717) is 0 Å². The molecule has 12 heavy (non-hydrogen) atoms. The summed E-state index contributed by atoms with van der Waals surface area (Å²) in [6.07, 6.45) is 0.472. The van der Waals surface area contributed by atoms with Crippen molar-refractivity contribution in [2.24, 2.45) is 0 Å². The lowest BCUT2D eigenvalue weighted by Gasteiger charge is -2.02. The quantitative estimate of drug-likeness (QED) is 0.458. The molecule has 0 aromatic carbocycles. The fourth-order valence-corrected chi connectivity index (χ4v) is 0.345. The highest BCUT2D eigenvalue weighted by molar-refractivity contribution is 5.73. The molecule has 0 heterocycles. The highest BCUT2D eigenvalue weighted by Gasteiger charge is 2.06. The Kier molecular flexibility index (Phi) is 5.42. The molecule has 0 fully saturated rings. The molecular weight excluding hydrogens is 164 g/mol. The molecule has 0 aliphatic carbocycles. The molecule has 0 rings (SSSR count). The fraction of sp³-hybridized carbons (Fsp3) is 0.429. The minimum atomic E-state index is -0.916. The van der Waals surface area contributed by atoms with E-state index in [-0.39, 0.29) is 6.61 Å². The average molecular weight is 174 g/mol. The van der Waals surface area contributed by atoms with Crippen LogP contribution in [0, 0.1) is 0 Å². The lowest BCUT2D eigenvalue weighted by molar-refractivity contribution is -0.144. The van der Waals surface area contributed by atoms with Gasteiger partial charge in [0.2, 0.25) is 0 Å². The molecule has 5 nitrogen and oxygen atoms in total. The van der Waals surface area contributed by atoms with Crippen molar-refractivity contribution >= 4 is 12.1 Å². The maximum absolute atomic E-state index is 10.5. The first-order chi connectivity index (χ1) is 5.70. The van der Waals surface area contributed by atoms with E-state index >= 15 is 0 Å². The normalized spacial score (nSPS) is 8.42. The topological polar surface area (TPSA) is 61.8 Å². The maximum Gasteiger partial charge on any atom is 0.509 e. The number of esters is 1. The van der Waals surface area contributed by atoms with E-state index in [2.05, 4.69) is 20.8 Å². The van der Waals surface area contributed by atoms with Gasteiger partial charge in [-0.05, 0) is 0 Å². The predicted molar refractivity (Wildman–Crippen MR) is 39.5 cm³/mol. The van der Waals surface area contributed by atoms with Gasteiger partial charge in [-0.1, -0.05) is 12.7 Å². The molecule has 0 saturated heterocycles. The summed E-state index contributed by atoms with van der Waals surface area (Å²) in [5, 5.41) is 0. The highest BCUT2D eigenvalue weighted by Crippen LogP contribution is 1.86. The second-order valence-corrected chi connectivity index (χ2v) is 1.71. The predicted octanol–water partition coefficient (Wildman–Crippen LogP) is 0.499. The summed E-state index contributed by atoms with van der Waals surface area (Å²) in [6.45, 7) is 2.94. The first-order valence-corrected chi connectivity index (χ1v) is 3.18. The molecule has 0 aromatic rings. The first kappa shape index (κ1) is 10.5. The Morgan fingerprint density at radius 3 is 2.58 bits per heavy atom. The molecule has 0 atom stereocenters. The Bertz CT molecular complexity index is 175. The van der Waals surface area contributed by atoms with Crippen LogP contribution in [0.1, 0.15) is 0 Å². The van der Waals surface area contributed by atoms with Crippen LogP contribution in [0.5, 0.6) is 0 Å². The standard InChI is InChI=1S/C7H10O5/c1-3-4-11-7(9)12-5-6(8)10-2/h3H,1,4-5H2,2H3. The van der Waals surface area contributed by atoms with Gasteiger partial charge < -0.3 is 14.2 Å². The number of methoxy groups -OCH3 is 1. The van der Waals surface area contributed by atoms with Gasteiger partial charge in [0.15, 0.2) is 6.61 Å². The lowest BCUT2D eigenvalue weighted by atomic mass is 10.7. The van der Waals surface area contributed by atoms with Gasteiger partial charge in [-0.2, -0.15) is 0 Å². The molecule has 68 valence electrons. The van der Waals surface area contributed by atoms with Crippen LogP contribution in [0.4, 0.5) is 4.79 Å². The molecule has 0 N–H and O–H groups in total. The molecule has 0 aliphatic heterocycles. The van der Waals surface area contributed by atoms with E-state index < -0.39 is 18.7 Å². The van der Waals surface area contributed by atoms with Gasteiger partial charge in [0.25, 0.3) is 0 Å². The monoisotopic (exact) mass is 174 g/mol. The van der Waals surface area contributed by atoms with Gasteiger partial charge in [-0.3, -0.25) is 0 Å². The summed E-state index contributed by atoms with van der Waals surface area (Å²) in [5.74, 6) is -0.634. The zero-order valence-corrected chi connectivity index (χ0v) is 6.74. The number of hydrogen-bond donors (Lipinski definition) is 0. The second kappa shape index (κ2) is 6.21. The number of ether oxygens (including phenoxy) is 3. The Morgan fingerprint density at radius 1 is 1.42 bits per heavy atom. The summed E-state index contributed by atoms with van der Waals surface area (Å²) >= 11 is 0. The molecule has 0 saturated carbocycles. The van der Waals surface area contributed by atoms with Crippen molar-refractivity contribution in [3.05, 3.63) is 12.7 Å². The molecule has 0 unspecified atom stereocenters. The SMILES string of the molecule is C=CCOC(=O)OCC(=O)OC. The van der Waals surface area contributed by atoms with Crippen LogP contribution in [0.3, 0.4) is 0 Å². The molecule has 0 bridgehead atoms. The average Bonchev–Trinajstić information content (AvgIpc) is 2.10. The third-order valence-electron chi connectivity index (χ3n) is 0.855. The van der Waals surface area contributed by atoms with Crippen LogP contribution in [0.25, 0.3) is 0 Å². The zero-order valence-electron chi connectivity index (χ0n) is 6.74. The number of hydrogen-bond acceptors (Lipinski definition) is 5. The van der Waals surface area contributed by atoms with Crippen molar-refractivity contribution in [1.82, 2.24) is 0 Å². The summed E-state index contributed by atoms with van der Waals surface area (Å²) in [4.78, 5) is 20.9. The summed E-state index contributed by atoms with van der Waals surface area (Å²) in [5.41, 5.74) is 0. The molecule has 0 aromatic heterocycles. The third-order valence-corrected chi connectivity index (χ3v) is 0.855. The minimum Gasteiger partial charge on any atom is -0.466 e. The summed E-state index contributed by atoms with van der Waals surface area (Å²) in [6, 6.07) is 0. The van der Waals surface area contributed by atoms with Crippen molar-refractivity contribution in [2.45, 2.75) is 0 Å². The van der Waals surface area contributed by atoms with E-state index in [1.54, 1.807) is 0 Å². The van der Waals surface area contributed by atoms with Gasteiger partial charge >= 0.3 is 12.1 Å². The first-order valence-electron chi connectivity index (χ1n) is 3.18. The van der Waals surface area contributed by atoms with Crippen molar-refractivity contribution in [1.29, 1.82) is 0 Å².